The summed E-state index contributed by atoms with van der Waals surface area (Å²) in [6.07, 6.45) is 15.2. The maximum atomic E-state index is 12.2. The van der Waals surface area contributed by atoms with Gasteiger partial charge in [-0.25, -0.2) is 9.59 Å². The molecule has 0 aromatic heterocycles. The van der Waals surface area contributed by atoms with Crippen LogP contribution >= 0.6 is 0 Å². The molecule has 4 nitrogen and oxygen atoms in total. The molecule has 176 valence electrons. The molecule has 4 heteroatoms. The minimum Gasteiger partial charge on any atom is -0.478 e. The summed E-state index contributed by atoms with van der Waals surface area (Å²) in [5.74, 6) is -2.08. The van der Waals surface area contributed by atoms with Crippen molar-refractivity contribution in [3.63, 3.8) is 0 Å². The van der Waals surface area contributed by atoms with Gasteiger partial charge in [0.1, 0.15) is 0 Å². The second kappa shape index (κ2) is 13.9. The largest absolute Gasteiger partial charge is 0.478 e. The highest BCUT2D eigenvalue weighted by molar-refractivity contribution is 6.09. The zero-order valence-corrected chi connectivity index (χ0v) is 19.9. The average molecular weight is 441 g/mol. The molecule has 0 unspecified atom stereocenters. The Labute approximate surface area is 193 Å². The summed E-state index contributed by atoms with van der Waals surface area (Å²) in [6.45, 7) is 4.39. The van der Waals surface area contributed by atoms with Crippen LogP contribution in [0.3, 0.4) is 0 Å². The van der Waals surface area contributed by atoms with Gasteiger partial charge in [0.25, 0.3) is 0 Å². The van der Waals surface area contributed by atoms with E-state index in [2.05, 4.69) is 13.8 Å². The summed E-state index contributed by atoms with van der Waals surface area (Å²) in [4.78, 5) is 24.2. The van der Waals surface area contributed by atoms with Crippen LogP contribution in [-0.2, 0) is 12.8 Å². The highest BCUT2D eigenvalue weighted by atomic mass is 16.4. The topological polar surface area (TPSA) is 74.6 Å². The van der Waals surface area contributed by atoms with E-state index in [1.54, 1.807) is 6.07 Å². The van der Waals surface area contributed by atoms with Crippen LogP contribution in [0.25, 0.3) is 10.8 Å². The van der Waals surface area contributed by atoms with Crippen molar-refractivity contribution >= 4 is 22.7 Å². The highest BCUT2D eigenvalue weighted by Crippen LogP contribution is 2.29. The van der Waals surface area contributed by atoms with Crippen LogP contribution in [0.5, 0.6) is 0 Å². The van der Waals surface area contributed by atoms with E-state index in [-0.39, 0.29) is 11.1 Å². The summed E-state index contributed by atoms with van der Waals surface area (Å²) in [7, 11) is 0. The van der Waals surface area contributed by atoms with E-state index in [0.717, 1.165) is 43.1 Å². The summed E-state index contributed by atoms with van der Waals surface area (Å²) >= 11 is 0. The van der Waals surface area contributed by atoms with Crippen molar-refractivity contribution < 1.29 is 19.8 Å². The van der Waals surface area contributed by atoms with E-state index in [4.69, 9.17) is 0 Å². The number of carboxylic acid groups (broad SMARTS) is 2. The van der Waals surface area contributed by atoms with Gasteiger partial charge in [-0.3, -0.25) is 0 Å². The molecule has 0 radical (unpaired) electrons. The van der Waals surface area contributed by atoms with E-state index in [1.165, 1.54) is 51.4 Å². The van der Waals surface area contributed by atoms with E-state index < -0.39 is 11.9 Å². The third-order valence-electron chi connectivity index (χ3n) is 6.36. The smallest absolute Gasteiger partial charge is 0.336 e. The monoisotopic (exact) mass is 440 g/mol. The molecule has 0 aliphatic rings. The van der Waals surface area contributed by atoms with Gasteiger partial charge in [-0.2, -0.15) is 0 Å². The van der Waals surface area contributed by atoms with Crippen molar-refractivity contribution in [3.05, 3.63) is 46.5 Å². The van der Waals surface area contributed by atoms with Crippen molar-refractivity contribution in [2.24, 2.45) is 0 Å². The molecule has 0 amide bonds. The molecule has 0 spiro atoms. The summed E-state index contributed by atoms with van der Waals surface area (Å²) in [5.41, 5.74) is 1.92. The fourth-order valence-electron chi connectivity index (χ4n) is 4.54. The van der Waals surface area contributed by atoms with Crippen molar-refractivity contribution in [2.45, 2.75) is 104 Å². The number of carboxylic acids is 2. The standard InChI is InChI=1S/C28H40O4/c1-3-5-7-9-11-13-15-21-17-18-23-22(19-21)20-25(27(29)30)24(26(23)28(31)32)16-14-12-10-8-6-4-2/h17-20H,3-16H2,1-2H3,(H,29,30)(H,31,32). The lowest BCUT2D eigenvalue weighted by Gasteiger charge is -2.15. The van der Waals surface area contributed by atoms with Crippen LogP contribution in [0, 0.1) is 0 Å². The van der Waals surface area contributed by atoms with E-state index in [9.17, 15) is 19.8 Å². The molecule has 2 N–H and O–H groups in total. The fraction of sp³-hybridized carbons (Fsp3) is 0.571. The van der Waals surface area contributed by atoms with Gasteiger partial charge in [0.05, 0.1) is 11.1 Å². The molecule has 0 atom stereocenters. The third-order valence-corrected chi connectivity index (χ3v) is 6.36. The number of unbranched alkanes of at least 4 members (excludes halogenated alkanes) is 10. The molecular formula is C28H40O4. The Bertz CT molecular complexity index is 885. The number of carbonyl (C=O) groups is 2. The molecule has 2 aromatic carbocycles. The normalized spacial score (nSPS) is 11.2. The first-order valence-corrected chi connectivity index (χ1v) is 12.5. The number of aryl methyl sites for hydroxylation is 1. The van der Waals surface area contributed by atoms with Gasteiger partial charge in [-0.15, -0.1) is 0 Å². The number of hydrogen-bond donors (Lipinski definition) is 2. The van der Waals surface area contributed by atoms with Gasteiger partial charge in [0.15, 0.2) is 0 Å². The average Bonchev–Trinajstić information content (AvgIpc) is 2.77. The van der Waals surface area contributed by atoms with Crippen LogP contribution in [0.4, 0.5) is 0 Å². The number of hydrogen-bond acceptors (Lipinski definition) is 2. The Balaban J connectivity index is 2.22. The van der Waals surface area contributed by atoms with Crippen LogP contribution in [0.2, 0.25) is 0 Å². The molecule has 0 heterocycles. The van der Waals surface area contributed by atoms with Crippen LogP contribution in [0.15, 0.2) is 24.3 Å². The van der Waals surface area contributed by atoms with Gasteiger partial charge < -0.3 is 10.2 Å². The van der Waals surface area contributed by atoms with Gasteiger partial charge in [0, 0.05) is 0 Å². The fourth-order valence-corrected chi connectivity index (χ4v) is 4.54. The molecule has 0 saturated carbocycles. The summed E-state index contributed by atoms with van der Waals surface area (Å²) < 4.78 is 0. The number of benzene rings is 2. The maximum absolute atomic E-state index is 12.2. The number of fused-ring (bicyclic) bond motifs is 1. The first kappa shape index (κ1) is 25.9. The van der Waals surface area contributed by atoms with Gasteiger partial charge in [-0.1, -0.05) is 96.3 Å². The molecule has 0 aliphatic carbocycles. The Kier molecular flexibility index (Phi) is 11.3. The first-order valence-electron chi connectivity index (χ1n) is 12.5. The molecule has 0 saturated heterocycles. The lowest BCUT2D eigenvalue weighted by molar-refractivity contribution is 0.0695. The second-order valence-corrected chi connectivity index (χ2v) is 8.98. The SMILES string of the molecule is CCCCCCCCc1ccc2c(C(=O)O)c(CCCCCCCC)c(C(=O)O)cc2c1. The summed E-state index contributed by atoms with van der Waals surface area (Å²) in [5, 5.41) is 21.2. The van der Waals surface area contributed by atoms with Crippen molar-refractivity contribution in [1.82, 2.24) is 0 Å². The molecule has 2 rings (SSSR count). The lowest BCUT2D eigenvalue weighted by Crippen LogP contribution is -2.11. The molecule has 32 heavy (non-hydrogen) atoms. The number of rotatable bonds is 16. The van der Waals surface area contributed by atoms with Gasteiger partial charge >= 0.3 is 11.9 Å². The Morgan fingerprint density at radius 2 is 1.25 bits per heavy atom. The predicted octanol–water partition coefficient (Wildman–Crippen LogP) is 8.04. The number of aromatic carboxylic acids is 2. The van der Waals surface area contributed by atoms with Gasteiger partial charge in [-0.05, 0) is 53.6 Å². The molecular weight excluding hydrogens is 400 g/mol. The summed E-state index contributed by atoms with van der Waals surface area (Å²) in [6, 6.07) is 7.55. The quantitative estimate of drug-likeness (QED) is 0.259. The van der Waals surface area contributed by atoms with Crippen LogP contribution in [-0.4, -0.2) is 22.2 Å². The molecule has 0 fully saturated rings. The Hall–Kier alpha value is -2.36. The third kappa shape index (κ3) is 7.65. The van der Waals surface area contributed by atoms with E-state index in [0.29, 0.717) is 17.4 Å². The van der Waals surface area contributed by atoms with Crippen molar-refractivity contribution in [3.8, 4) is 0 Å². The predicted molar refractivity (Wildman–Crippen MR) is 132 cm³/mol. The second-order valence-electron chi connectivity index (χ2n) is 8.98. The molecule has 0 aliphatic heterocycles. The molecule has 2 aromatic rings. The van der Waals surface area contributed by atoms with Crippen LogP contribution in [0.1, 0.15) is 123 Å². The lowest BCUT2D eigenvalue weighted by atomic mass is 9.89. The zero-order valence-electron chi connectivity index (χ0n) is 19.9. The maximum Gasteiger partial charge on any atom is 0.336 e. The van der Waals surface area contributed by atoms with E-state index in [1.807, 2.05) is 18.2 Å². The minimum absolute atomic E-state index is 0.139. The van der Waals surface area contributed by atoms with E-state index >= 15 is 0 Å². The Morgan fingerprint density at radius 1 is 0.688 bits per heavy atom. The van der Waals surface area contributed by atoms with Crippen molar-refractivity contribution in [2.75, 3.05) is 0 Å². The minimum atomic E-state index is -1.04. The highest BCUT2D eigenvalue weighted by Gasteiger charge is 2.22. The Morgan fingerprint density at radius 3 is 1.81 bits per heavy atom. The van der Waals surface area contributed by atoms with Crippen LogP contribution < -0.4 is 0 Å². The molecule has 0 bridgehead atoms. The first-order chi connectivity index (χ1) is 15.5. The zero-order chi connectivity index (χ0) is 23.3. The van der Waals surface area contributed by atoms with Crippen molar-refractivity contribution in [1.29, 1.82) is 0 Å². The van der Waals surface area contributed by atoms with Gasteiger partial charge in [0.2, 0.25) is 0 Å².